The van der Waals surface area contributed by atoms with Gasteiger partial charge in [0.05, 0.1) is 31.8 Å². The van der Waals surface area contributed by atoms with E-state index in [0.29, 0.717) is 0 Å². The molecule has 0 radical (unpaired) electrons. The number of hydrogen-bond donors (Lipinski definition) is 8. The highest BCUT2D eigenvalue weighted by Crippen LogP contribution is 2.73. The van der Waals surface area contributed by atoms with Crippen molar-refractivity contribution in [2.45, 2.75) is 289 Å². The van der Waals surface area contributed by atoms with Gasteiger partial charge >= 0.3 is 17.2 Å². The summed E-state index contributed by atoms with van der Waals surface area (Å²) >= 11 is 0. The van der Waals surface area contributed by atoms with E-state index in [9.17, 15) is 14.9 Å². The van der Waals surface area contributed by atoms with Gasteiger partial charge in [0.25, 0.3) is 0 Å². The summed E-state index contributed by atoms with van der Waals surface area (Å²) in [5.41, 5.74) is 9.95. The first-order valence-corrected chi connectivity index (χ1v) is 34.3. The molecule has 2 heterocycles. The van der Waals surface area contributed by atoms with Crippen molar-refractivity contribution >= 4 is 17.2 Å². The molecule has 0 aromatic heterocycles. The topological polar surface area (TPSA) is 199 Å². The van der Waals surface area contributed by atoms with Crippen LogP contribution in [0.5, 0.6) is 0 Å². The molecule has 2 fully saturated rings. The summed E-state index contributed by atoms with van der Waals surface area (Å²) in [6.45, 7) is 73.6. The third-order valence-corrected chi connectivity index (χ3v) is 18.0. The zero-order chi connectivity index (χ0) is 69.4. The molecule has 0 aliphatic carbocycles. The lowest BCUT2D eigenvalue weighted by Gasteiger charge is -2.68. The van der Waals surface area contributed by atoms with Gasteiger partial charge in [-0.25, -0.2) is 0 Å². The fourth-order valence-corrected chi connectivity index (χ4v) is 13.5. The maximum atomic E-state index is 12.9. The van der Waals surface area contributed by atoms with Crippen molar-refractivity contribution < 1.29 is 58.5 Å². The van der Waals surface area contributed by atoms with Gasteiger partial charge in [-0.2, -0.15) is 0 Å². The highest BCUT2D eigenvalue weighted by atomic mass is 31.2. The second-order valence-corrected chi connectivity index (χ2v) is 36.8. The average Bonchev–Trinajstić information content (AvgIpc) is 0.659. The Morgan fingerprint density at radius 1 is 0.382 bits per heavy atom. The molecule has 12 nitrogen and oxygen atoms in total. The number of ether oxygens (including phenoxy) is 4. The molecule has 504 valence electrons. The van der Waals surface area contributed by atoms with E-state index in [2.05, 4.69) is 256 Å². The van der Waals surface area contributed by atoms with Crippen LogP contribution in [0.25, 0.3) is 0 Å². The van der Waals surface area contributed by atoms with E-state index in [-0.39, 0.29) is 26.4 Å². The molecule has 2 aliphatic heterocycles. The lowest BCUT2D eigenvalue weighted by Crippen LogP contribution is -2.72. The van der Waals surface area contributed by atoms with Gasteiger partial charge in [-0.05, 0) is 132 Å². The summed E-state index contributed by atoms with van der Waals surface area (Å²) in [6.07, 6.45) is -1.62. The van der Waals surface area contributed by atoms with E-state index in [1.165, 1.54) is 50.1 Å². The first-order chi connectivity index (χ1) is 39.7. The molecule has 0 bridgehead atoms. The second-order valence-electron chi connectivity index (χ2n) is 35.7. The van der Waals surface area contributed by atoms with Gasteiger partial charge in [0, 0.05) is 16.4 Å². The van der Waals surface area contributed by atoms with E-state index in [0.717, 1.165) is 38.9 Å². The number of hydrogen-bond acceptors (Lipinski definition) is 12. The van der Waals surface area contributed by atoms with Crippen LogP contribution < -0.4 is 0 Å². The van der Waals surface area contributed by atoms with Crippen LogP contribution in [0.1, 0.15) is 289 Å². The normalized spacial score (nSPS) is 21.0. The maximum Gasteiger partial charge on any atom is 0.324 e. The van der Waals surface area contributed by atoms with Crippen molar-refractivity contribution in [2.24, 2.45) is 16.2 Å². The van der Waals surface area contributed by atoms with Gasteiger partial charge < -0.3 is 58.5 Å². The number of aliphatic hydroxyl groups excluding tert-OH is 2. The van der Waals surface area contributed by atoms with Crippen LogP contribution in [0, 0.1) is 43.9 Å². The third-order valence-electron chi connectivity index (χ3n) is 18.0. The molecule has 4 aromatic rings. The smallest absolute Gasteiger partial charge is 0.324 e. The Morgan fingerprint density at radius 2 is 0.618 bits per heavy atom. The molecule has 2 saturated heterocycles. The highest BCUT2D eigenvalue weighted by Gasteiger charge is 2.75. The number of aliphatic hydroxyl groups is 2. The van der Waals surface area contributed by atoms with Crippen molar-refractivity contribution in [1.82, 2.24) is 0 Å². The Bertz CT molecular complexity index is 2870. The molecule has 2 atom stereocenters. The van der Waals surface area contributed by atoms with Gasteiger partial charge in [-0.1, -0.05) is 265 Å². The number of benzene rings is 4. The van der Waals surface area contributed by atoms with Gasteiger partial charge in [0.2, 0.25) is 5.79 Å². The zero-order valence-corrected chi connectivity index (χ0v) is 63.0. The van der Waals surface area contributed by atoms with Gasteiger partial charge in [-0.3, -0.25) is 0 Å². The molecule has 2 unspecified atom stereocenters. The van der Waals surface area contributed by atoms with E-state index in [1.54, 1.807) is 0 Å². The van der Waals surface area contributed by atoms with Crippen LogP contribution in [-0.4, -0.2) is 72.3 Å². The summed E-state index contributed by atoms with van der Waals surface area (Å²) < 4.78 is 33.9. The van der Waals surface area contributed by atoms with Crippen molar-refractivity contribution in [3.8, 4) is 0 Å². The largest absolute Gasteiger partial charge is 0.396 e. The molecule has 89 heavy (non-hydrogen) atoms. The average molecular weight is 1280 g/mol. The summed E-state index contributed by atoms with van der Waals surface area (Å²) in [4.78, 5) is 43.4. The lowest BCUT2D eigenvalue weighted by atomic mass is 9.51. The zero-order valence-electron chi connectivity index (χ0n) is 61.2. The summed E-state index contributed by atoms with van der Waals surface area (Å²) in [7, 11) is -5.24. The molecule has 0 amide bonds. The van der Waals surface area contributed by atoms with Crippen LogP contribution >= 0.6 is 17.2 Å². The quantitative estimate of drug-likeness (QED) is 0.0778. The van der Waals surface area contributed by atoms with Crippen LogP contribution in [0.3, 0.4) is 0 Å². The van der Waals surface area contributed by atoms with Crippen LogP contribution in [0.15, 0.2) is 48.5 Å². The van der Waals surface area contributed by atoms with Crippen molar-refractivity contribution in [3.05, 3.63) is 138 Å². The maximum absolute atomic E-state index is 12.9. The highest BCUT2D eigenvalue weighted by molar-refractivity contribution is 7.38. The molecule has 14 heteroatoms. The second kappa shape index (κ2) is 26.5. The monoisotopic (exact) mass is 1280 g/mol. The van der Waals surface area contributed by atoms with Gasteiger partial charge in [-0.15, -0.1) is 0 Å². The SMILES string of the molecule is Cc1cc(C(C)(C)C)c(C2OC(c3c(C(C)(C)C)cc(C)cc3C(C)(C)C)(C(C)(C)CO)OC(c3c(C(C)(C)C)cc(C)cc3C(C)(C)C)(c3c(C(C)(C)C)cc(C)cc3C(C)(C)C)C23COC(C(C)(C)CO)OC3)c(C(C)(C)C)c1.OP(O)O.OP(O)O. The first kappa shape index (κ1) is 78.7. The van der Waals surface area contributed by atoms with Crippen LogP contribution in [0.2, 0.25) is 0 Å². The van der Waals surface area contributed by atoms with Gasteiger partial charge in [0.15, 0.2) is 6.29 Å². The standard InChI is InChI=1S/C75H116O6.2H3O3P/c1-45-33-49(63(5,6)7)57(50(34-45)64(8,9)10)61-73(43-78-62(79-44-73)71(29,30)41-76)74(58-51(65(11,12)13)35-46(2)36-52(58)66(14,15)16,59-53(67(17,18)19)37-47(3)38-54(59)68(20,21)22)81-75(80-61,72(31,32)42-77)60-55(69(23,24)25)39-48(4)40-56(60)70(26,27)28;2*1-4(2)3/h33-40,61-62,76-77H,41-44H2,1-32H3;2*1-3H. The van der Waals surface area contributed by atoms with E-state index < -0.39 is 101 Å². The predicted octanol–water partition coefficient (Wildman–Crippen LogP) is 17.0. The Kier molecular flexibility index (Phi) is 23.4. The molecule has 1 spiro atoms. The Hall–Kier alpha value is -2.74. The Labute approximate surface area is 542 Å². The summed E-state index contributed by atoms with van der Waals surface area (Å²) in [5, 5.41) is 24.2. The predicted molar refractivity (Wildman–Crippen MR) is 369 cm³/mol. The van der Waals surface area contributed by atoms with Crippen molar-refractivity contribution in [1.29, 1.82) is 0 Å². The molecular weight excluding hydrogens is 1150 g/mol. The molecular formula is C75H122O12P2. The minimum Gasteiger partial charge on any atom is -0.396 e. The Morgan fingerprint density at radius 3 is 0.843 bits per heavy atom. The fourth-order valence-electron chi connectivity index (χ4n) is 13.5. The van der Waals surface area contributed by atoms with Gasteiger partial charge in [0.1, 0.15) is 11.7 Å². The molecule has 2 aliphatic rings. The van der Waals surface area contributed by atoms with Crippen LogP contribution in [-0.2, 0) is 73.7 Å². The minimum atomic E-state index is -2.62. The summed E-state index contributed by atoms with van der Waals surface area (Å²) in [5.74, 6) is -1.74. The van der Waals surface area contributed by atoms with E-state index in [4.69, 9.17) is 43.6 Å². The van der Waals surface area contributed by atoms with E-state index >= 15 is 0 Å². The molecule has 6 rings (SSSR count). The first-order valence-electron chi connectivity index (χ1n) is 31.9. The van der Waals surface area contributed by atoms with Crippen molar-refractivity contribution in [3.63, 3.8) is 0 Å². The van der Waals surface area contributed by atoms with Crippen molar-refractivity contribution in [2.75, 3.05) is 26.4 Å². The number of rotatable bonds is 8. The molecule has 4 aromatic carbocycles. The molecule has 8 N–H and O–H groups in total. The molecule has 0 saturated carbocycles. The van der Waals surface area contributed by atoms with E-state index in [1.807, 2.05) is 13.8 Å². The Balaban J connectivity index is 0.00000199. The number of aryl methyl sites for hydroxylation is 4. The van der Waals surface area contributed by atoms with Crippen LogP contribution in [0.4, 0.5) is 0 Å². The minimum absolute atomic E-state index is 0.136. The third kappa shape index (κ3) is 16.3. The lowest BCUT2D eigenvalue weighted by molar-refractivity contribution is -0.464. The summed E-state index contributed by atoms with van der Waals surface area (Å²) in [6, 6.07) is 19.3. The fraction of sp³-hybridized carbons (Fsp3) is 0.680.